The predicted molar refractivity (Wildman–Crippen MR) is 60.5 cm³/mol. The number of nitrogens with two attached hydrogens (primary N) is 1. The topological polar surface area (TPSA) is 97.4 Å². The maximum Gasteiger partial charge on any atom is 0.248 e. The van der Waals surface area contributed by atoms with Crippen LogP contribution in [0.4, 0.5) is 5.82 Å². The van der Waals surface area contributed by atoms with Gasteiger partial charge in [0.05, 0.1) is 0 Å². The predicted octanol–water partition coefficient (Wildman–Crippen LogP) is 0.743. The number of nitrogens with one attached hydrogen (secondary N) is 1. The van der Waals surface area contributed by atoms with Gasteiger partial charge in [0.15, 0.2) is 6.04 Å². The SMILES string of the molecule is Cc1nc(N)ccc1CNC(=O)[C@H](C)N=O. The molecule has 1 atom stereocenters. The molecule has 1 heterocycles. The lowest BCUT2D eigenvalue weighted by Gasteiger charge is -2.08. The van der Waals surface area contributed by atoms with E-state index in [4.69, 9.17) is 5.73 Å². The molecule has 0 unspecified atom stereocenters. The van der Waals surface area contributed by atoms with Crippen molar-refractivity contribution in [3.63, 3.8) is 0 Å². The van der Waals surface area contributed by atoms with Gasteiger partial charge < -0.3 is 11.1 Å². The van der Waals surface area contributed by atoms with Gasteiger partial charge in [-0.1, -0.05) is 11.2 Å². The summed E-state index contributed by atoms with van der Waals surface area (Å²) in [5.41, 5.74) is 7.12. The summed E-state index contributed by atoms with van der Waals surface area (Å²) in [4.78, 5) is 25.5. The molecule has 0 radical (unpaired) electrons. The molecule has 0 saturated carbocycles. The van der Waals surface area contributed by atoms with E-state index < -0.39 is 11.9 Å². The van der Waals surface area contributed by atoms with Crippen molar-refractivity contribution in [1.29, 1.82) is 0 Å². The molecule has 6 nitrogen and oxygen atoms in total. The maximum absolute atomic E-state index is 11.3. The lowest BCUT2D eigenvalue weighted by molar-refractivity contribution is -0.122. The van der Waals surface area contributed by atoms with Crippen molar-refractivity contribution < 1.29 is 4.79 Å². The van der Waals surface area contributed by atoms with Gasteiger partial charge in [0.25, 0.3) is 0 Å². The summed E-state index contributed by atoms with van der Waals surface area (Å²) in [5.74, 6) is 0.0433. The Bertz CT molecular complexity index is 406. The van der Waals surface area contributed by atoms with Gasteiger partial charge >= 0.3 is 0 Å². The fourth-order valence-electron chi connectivity index (χ4n) is 1.17. The van der Waals surface area contributed by atoms with E-state index in [1.807, 2.05) is 0 Å². The molecule has 86 valence electrons. The molecule has 3 N–H and O–H groups in total. The number of amides is 1. The Morgan fingerprint density at radius 3 is 2.88 bits per heavy atom. The molecule has 0 aliphatic heterocycles. The first-order valence-electron chi connectivity index (χ1n) is 4.86. The molecular formula is C10H14N4O2. The van der Waals surface area contributed by atoms with Crippen LogP contribution >= 0.6 is 0 Å². The molecule has 1 rings (SSSR count). The van der Waals surface area contributed by atoms with Gasteiger partial charge in [-0.25, -0.2) is 4.98 Å². The molecule has 0 bridgehead atoms. The van der Waals surface area contributed by atoms with E-state index in [0.29, 0.717) is 12.4 Å². The minimum absolute atomic E-state index is 0.317. The van der Waals surface area contributed by atoms with Crippen molar-refractivity contribution in [2.75, 3.05) is 5.73 Å². The summed E-state index contributed by atoms with van der Waals surface area (Å²) in [7, 11) is 0. The van der Waals surface area contributed by atoms with Gasteiger partial charge in [0, 0.05) is 12.2 Å². The second kappa shape index (κ2) is 5.20. The van der Waals surface area contributed by atoms with Crippen molar-refractivity contribution in [3.05, 3.63) is 28.3 Å². The largest absolute Gasteiger partial charge is 0.384 e. The number of anilines is 1. The number of aromatic nitrogens is 1. The zero-order valence-corrected chi connectivity index (χ0v) is 9.23. The zero-order chi connectivity index (χ0) is 12.1. The molecule has 1 aromatic rings. The van der Waals surface area contributed by atoms with Crippen LogP contribution in [-0.4, -0.2) is 16.9 Å². The van der Waals surface area contributed by atoms with E-state index in [0.717, 1.165) is 11.3 Å². The van der Waals surface area contributed by atoms with Crippen LogP contribution in [0.3, 0.4) is 0 Å². The first-order chi connectivity index (χ1) is 7.54. The number of nitroso groups, excluding NO2 is 1. The summed E-state index contributed by atoms with van der Waals surface area (Å²) in [5, 5.41) is 5.24. The second-order valence-electron chi connectivity index (χ2n) is 3.48. The molecule has 0 aliphatic rings. The van der Waals surface area contributed by atoms with Crippen LogP contribution in [0.5, 0.6) is 0 Å². The minimum Gasteiger partial charge on any atom is -0.384 e. The fraction of sp³-hybridized carbons (Fsp3) is 0.400. The van der Waals surface area contributed by atoms with E-state index in [-0.39, 0.29) is 0 Å². The monoisotopic (exact) mass is 222 g/mol. The van der Waals surface area contributed by atoms with Crippen LogP contribution in [0, 0.1) is 11.8 Å². The lowest BCUT2D eigenvalue weighted by atomic mass is 10.2. The number of nitrogen functional groups attached to an aromatic ring is 1. The van der Waals surface area contributed by atoms with Crippen LogP contribution < -0.4 is 11.1 Å². The Morgan fingerprint density at radius 1 is 1.62 bits per heavy atom. The van der Waals surface area contributed by atoms with E-state index in [9.17, 15) is 9.70 Å². The summed E-state index contributed by atoms with van der Waals surface area (Å²) < 4.78 is 0. The van der Waals surface area contributed by atoms with E-state index in [1.165, 1.54) is 6.92 Å². The molecule has 1 aromatic heterocycles. The normalized spacial score (nSPS) is 11.9. The second-order valence-corrected chi connectivity index (χ2v) is 3.48. The summed E-state index contributed by atoms with van der Waals surface area (Å²) in [6, 6.07) is 2.58. The smallest absolute Gasteiger partial charge is 0.248 e. The maximum atomic E-state index is 11.3. The Balaban J connectivity index is 2.61. The molecule has 16 heavy (non-hydrogen) atoms. The van der Waals surface area contributed by atoms with Gasteiger partial charge in [-0.05, 0) is 25.5 Å². The van der Waals surface area contributed by atoms with Crippen molar-refractivity contribution in [1.82, 2.24) is 10.3 Å². The third-order valence-electron chi connectivity index (χ3n) is 2.21. The number of pyridine rings is 1. The molecule has 0 aliphatic carbocycles. The highest BCUT2D eigenvalue weighted by molar-refractivity contribution is 5.81. The number of hydrogen-bond acceptors (Lipinski definition) is 5. The van der Waals surface area contributed by atoms with Crippen LogP contribution in [-0.2, 0) is 11.3 Å². The molecular weight excluding hydrogens is 208 g/mol. The highest BCUT2D eigenvalue weighted by atomic mass is 16.3. The van der Waals surface area contributed by atoms with Gasteiger partial charge in [-0.2, -0.15) is 0 Å². The number of aryl methyl sites for hydroxylation is 1. The van der Waals surface area contributed by atoms with Gasteiger partial charge in [0.1, 0.15) is 5.82 Å². The average Bonchev–Trinajstić information content (AvgIpc) is 2.26. The van der Waals surface area contributed by atoms with E-state index in [2.05, 4.69) is 15.5 Å². The minimum atomic E-state index is -0.873. The van der Waals surface area contributed by atoms with Crippen LogP contribution in [0.15, 0.2) is 17.3 Å². The van der Waals surface area contributed by atoms with Crippen LogP contribution in [0.1, 0.15) is 18.2 Å². The van der Waals surface area contributed by atoms with Crippen LogP contribution in [0.25, 0.3) is 0 Å². The standard InChI is InChI=1S/C10H14N4O2/c1-6-8(3-4-9(11)13-6)5-12-10(15)7(2)14-16/h3-4,7H,5H2,1-2H3,(H2,11,13)(H,12,15)/t7-/m0/s1. The van der Waals surface area contributed by atoms with Crippen molar-refractivity contribution in [2.24, 2.45) is 5.18 Å². The number of hydrogen-bond donors (Lipinski definition) is 2. The quantitative estimate of drug-likeness (QED) is 0.734. The van der Waals surface area contributed by atoms with Gasteiger partial charge in [0.2, 0.25) is 5.91 Å². The highest BCUT2D eigenvalue weighted by Crippen LogP contribution is 2.07. The van der Waals surface area contributed by atoms with E-state index >= 15 is 0 Å². The highest BCUT2D eigenvalue weighted by Gasteiger charge is 2.12. The molecule has 0 aromatic carbocycles. The number of carbonyl (C=O) groups excluding carboxylic acids is 1. The molecule has 0 saturated heterocycles. The first-order valence-corrected chi connectivity index (χ1v) is 4.86. The summed E-state index contributed by atoms with van der Waals surface area (Å²) in [6.07, 6.45) is 0. The van der Waals surface area contributed by atoms with Gasteiger partial charge in [-0.3, -0.25) is 4.79 Å². The number of carbonyl (C=O) groups is 1. The molecule has 6 heteroatoms. The Hall–Kier alpha value is -1.98. The van der Waals surface area contributed by atoms with Crippen molar-refractivity contribution >= 4 is 11.7 Å². The summed E-state index contributed by atoms with van der Waals surface area (Å²) in [6.45, 7) is 3.56. The first kappa shape index (κ1) is 12.1. The Morgan fingerprint density at radius 2 is 2.31 bits per heavy atom. The lowest BCUT2D eigenvalue weighted by Crippen LogP contribution is -2.31. The van der Waals surface area contributed by atoms with E-state index in [1.54, 1.807) is 19.1 Å². The third-order valence-corrected chi connectivity index (χ3v) is 2.21. The Labute approximate surface area is 93.2 Å². The summed E-state index contributed by atoms with van der Waals surface area (Å²) >= 11 is 0. The zero-order valence-electron chi connectivity index (χ0n) is 9.23. The Kier molecular flexibility index (Phi) is 3.93. The third kappa shape index (κ3) is 3.01. The number of nitrogens with zero attached hydrogens (tertiary/aromatic N) is 2. The van der Waals surface area contributed by atoms with Crippen molar-refractivity contribution in [3.8, 4) is 0 Å². The molecule has 0 spiro atoms. The fourth-order valence-corrected chi connectivity index (χ4v) is 1.17. The average molecular weight is 222 g/mol. The van der Waals surface area contributed by atoms with Gasteiger partial charge in [-0.15, -0.1) is 4.91 Å². The van der Waals surface area contributed by atoms with Crippen molar-refractivity contribution in [2.45, 2.75) is 26.4 Å². The molecule has 1 amide bonds. The van der Waals surface area contributed by atoms with Crippen LogP contribution in [0.2, 0.25) is 0 Å². The molecule has 0 fully saturated rings. The number of rotatable bonds is 4.